The van der Waals surface area contributed by atoms with Crippen LogP contribution in [0, 0.1) is 5.92 Å². The summed E-state index contributed by atoms with van der Waals surface area (Å²) in [5.74, 6) is 0.652. The van der Waals surface area contributed by atoms with Crippen LogP contribution < -0.4 is 10.6 Å². The molecule has 29 heavy (non-hydrogen) atoms. The van der Waals surface area contributed by atoms with Crippen LogP contribution in [0.1, 0.15) is 51.4 Å². The number of methoxy groups -OCH3 is 1. The molecule has 1 aromatic heterocycles. The molecule has 0 saturated carbocycles. The molecular formula is C21H24N2O4S2. The van der Waals surface area contributed by atoms with Crippen molar-refractivity contribution in [1.29, 1.82) is 0 Å². The molecular weight excluding hydrogens is 408 g/mol. The fourth-order valence-electron chi connectivity index (χ4n) is 3.33. The Balaban J connectivity index is 1.88. The molecule has 8 heteroatoms. The summed E-state index contributed by atoms with van der Waals surface area (Å²) < 4.78 is 4.54. The van der Waals surface area contributed by atoms with Crippen molar-refractivity contribution >= 4 is 46.0 Å². The number of anilines is 1. The number of rotatable bonds is 5. The first-order valence-corrected chi connectivity index (χ1v) is 11.3. The summed E-state index contributed by atoms with van der Waals surface area (Å²) in [4.78, 5) is 39.2. The number of hydrogen-bond donors (Lipinski definition) is 2. The standard InChI is InChI=1S/C21H24N2O4S2/c1-4-28-14-8-6-13(7-9-14)18(24)22-20-17(19(25)23-21(26)27-3)15-10-5-12(2)11-16(15)29-20/h6-9,12H,4-5,10-11H2,1-3H3,(H,22,24)(H,23,25,26). The molecule has 0 bridgehead atoms. The van der Waals surface area contributed by atoms with Crippen LogP contribution in [0.15, 0.2) is 29.2 Å². The molecule has 1 aliphatic rings. The van der Waals surface area contributed by atoms with Crippen molar-refractivity contribution in [1.82, 2.24) is 5.32 Å². The van der Waals surface area contributed by atoms with E-state index in [1.165, 1.54) is 18.4 Å². The van der Waals surface area contributed by atoms with Gasteiger partial charge in [-0.25, -0.2) is 4.79 Å². The first-order valence-electron chi connectivity index (χ1n) is 9.51. The number of hydrogen-bond acceptors (Lipinski definition) is 6. The van der Waals surface area contributed by atoms with Gasteiger partial charge in [-0.05, 0) is 60.8 Å². The molecule has 1 heterocycles. The van der Waals surface area contributed by atoms with Gasteiger partial charge in [-0.1, -0.05) is 13.8 Å². The number of thiophene rings is 1. The quantitative estimate of drug-likeness (QED) is 0.667. The van der Waals surface area contributed by atoms with Crippen LogP contribution in [0.5, 0.6) is 0 Å². The van der Waals surface area contributed by atoms with E-state index in [0.717, 1.165) is 40.4 Å². The van der Waals surface area contributed by atoms with Gasteiger partial charge in [-0.15, -0.1) is 23.1 Å². The van der Waals surface area contributed by atoms with E-state index in [9.17, 15) is 14.4 Å². The molecule has 0 aliphatic heterocycles. The van der Waals surface area contributed by atoms with Crippen molar-refractivity contribution in [2.45, 2.75) is 38.0 Å². The lowest BCUT2D eigenvalue weighted by molar-refractivity contribution is 0.0937. The van der Waals surface area contributed by atoms with Crippen molar-refractivity contribution in [3.8, 4) is 0 Å². The fourth-order valence-corrected chi connectivity index (χ4v) is 5.39. The molecule has 3 amide bonds. The van der Waals surface area contributed by atoms with E-state index >= 15 is 0 Å². The average Bonchev–Trinajstić information content (AvgIpc) is 3.05. The highest BCUT2D eigenvalue weighted by atomic mass is 32.2. The van der Waals surface area contributed by atoms with E-state index in [1.54, 1.807) is 23.9 Å². The summed E-state index contributed by atoms with van der Waals surface area (Å²) in [5.41, 5.74) is 1.80. The third kappa shape index (κ3) is 5.00. The summed E-state index contributed by atoms with van der Waals surface area (Å²) in [5, 5.41) is 5.58. The van der Waals surface area contributed by atoms with Gasteiger partial charge in [0.15, 0.2) is 0 Å². The number of carbonyl (C=O) groups is 3. The Bertz CT molecular complexity index is 922. The predicted octanol–water partition coefficient (Wildman–Crippen LogP) is 4.73. The van der Waals surface area contributed by atoms with E-state index in [4.69, 9.17) is 0 Å². The number of imide groups is 1. The van der Waals surface area contributed by atoms with Crippen molar-refractivity contribution in [3.63, 3.8) is 0 Å². The fraction of sp³-hybridized carbons (Fsp3) is 0.381. The molecule has 0 fully saturated rings. The number of carbonyl (C=O) groups excluding carboxylic acids is 3. The summed E-state index contributed by atoms with van der Waals surface area (Å²) in [6, 6.07) is 7.37. The molecule has 2 aromatic rings. The number of fused-ring (bicyclic) bond motifs is 1. The van der Waals surface area contributed by atoms with Crippen molar-refractivity contribution in [2.24, 2.45) is 5.92 Å². The van der Waals surface area contributed by atoms with Crippen LogP contribution >= 0.6 is 23.1 Å². The predicted molar refractivity (Wildman–Crippen MR) is 116 cm³/mol. The molecule has 1 atom stereocenters. The van der Waals surface area contributed by atoms with Gasteiger partial charge in [-0.2, -0.15) is 0 Å². The Hall–Kier alpha value is -2.32. The highest BCUT2D eigenvalue weighted by Crippen LogP contribution is 2.39. The van der Waals surface area contributed by atoms with Crippen LogP contribution in [0.2, 0.25) is 0 Å². The normalized spacial score (nSPS) is 15.3. The van der Waals surface area contributed by atoms with Gasteiger partial charge in [-0.3, -0.25) is 14.9 Å². The third-order valence-corrected chi connectivity index (χ3v) is 6.86. The largest absolute Gasteiger partial charge is 0.453 e. The zero-order chi connectivity index (χ0) is 21.0. The van der Waals surface area contributed by atoms with Crippen molar-refractivity contribution in [3.05, 3.63) is 45.8 Å². The maximum absolute atomic E-state index is 12.8. The zero-order valence-corrected chi connectivity index (χ0v) is 18.3. The topological polar surface area (TPSA) is 84.5 Å². The number of amides is 3. The maximum Gasteiger partial charge on any atom is 0.413 e. The molecule has 1 aliphatic carbocycles. The van der Waals surface area contributed by atoms with E-state index < -0.39 is 12.0 Å². The molecule has 3 rings (SSSR count). The Morgan fingerprint density at radius 2 is 1.93 bits per heavy atom. The van der Waals surface area contributed by atoms with Gasteiger partial charge in [0.05, 0.1) is 12.7 Å². The lowest BCUT2D eigenvalue weighted by atomic mass is 9.88. The van der Waals surface area contributed by atoms with Crippen LogP contribution in [0.25, 0.3) is 0 Å². The van der Waals surface area contributed by atoms with E-state index in [0.29, 0.717) is 22.0 Å². The van der Waals surface area contributed by atoms with Crippen LogP contribution in [-0.2, 0) is 17.6 Å². The first-order chi connectivity index (χ1) is 13.9. The van der Waals surface area contributed by atoms with Crippen LogP contribution in [0.4, 0.5) is 9.80 Å². The summed E-state index contributed by atoms with van der Waals surface area (Å²) in [6.07, 6.45) is 1.75. The second kappa shape index (κ2) is 9.45. The maximum atomic E-state index is 12.8. The molecule has 154 valence electrons. The second-order valence-corrected chi connectivity index (χ2v) is 9.36. The molecule has 0 saturated heterocycles. The monoisotopic (exact) mass is 432 g/mol. The Labute approximate surface area is 178 Å². The molecule has 1 aromatic carbocycles. The molecule has 1 unspecified atom stereocenters. The summed E-state index contributed by atoms with van der Waals surface area (Å²) in [7, 11) is 1.20. The van der Waals surface area contributed by atoms with Gasteiger partial charge in [0, 0.05) is 15.3 Å². The van der Waals surface area contributed by atoms with Gasteiger partial charge < -0.3 is 10.1 Å². The Morgan fingerprint density at radius 3 is 2.59 bits per heavy atom. The van der Waals surface area contributed by atoms with Crippen molar-refractivity contribution in [2.75, 3.05) is 18.2 Å². The Kier molecular flexibility index (Phi) is 6.97. The number of alkyl carbamates (subject to hydrolysis) is 1. The van der Waals surface area contributed by atoms with Gasteiger partial charge in [0.2, 0.25) is 0 Å². The lowest BCUT2D eigenvalue weighted by Crippen LogP contribution is -2.31. The Morgan fingerprint density at radius 1 is 1.21 bits per heavy atom. The van der Waals surface area contributed by atoms with Crippen molar-refractivity contribution < 1.29 is 19.1 Å². The number of benzene rings is 1. The highest BCUT2D eigenvalue weighted by molar-refractivity contribution is 7.99. The minimum absolute atomic E-state index is 0.281. The number of ether oxygens (including phenoxy) is 1. The SMILES string of the molecule is CCSc1ccc(C(=O)Nc2sc3c(c2C(=O)NC(=O)OC)CCC(C)C3)cc1. The summed E-state index contributed by atoms with van der Waals surface area (Å²) >= 11 is 3.12. The molecule has 0 spiro atoms. The van der Waals surface area contributed by atoms with Crippen LogP contribution in [0.3, 0.4) is 0 Å². The lowest BCUT2D eigenvalue weighted by Gasteiger charge is -2.18. The first kappa shape index (κ1) is 21.4. The van der Waals surface area contributed by atoms with Gasteiger partial charge >= 0.3 is 6.09 Å². The smallest absolute Gasteiger partial charge is 0.413 e. The van der Waals surface area contributed by atoms with Crippen LogP contribution in [-0.4, -0.2) is 30.8 Å². The van der Waals surface area contributed by atoms with E-state index in [-0.39, 0.29) is 5.91 Å². The molecule has 2 N–H and O–H groups in total. The number of nitrogens with one attached hydrogen (secondary N) is 2. The second-order valence-electron chi connectivity index (χ2n) is 6.91. The zero-order valence-electron chi connectivity index (χ0n) is 16.7. The minimum atomic E-state index is -0.819. The third-order valence-electron chi connectivity index (χ3n) is 4.79. The highest BCUT2D eigenvalue weighted by Gasteiger charge is 2.29. The average molecular weight is 433 g/mol. The van der Waals surface area contributed by atoms with E-state index in [2.05, 4.69) is 29.2 Å². The van der Waals surface area contributed by atoms with Gasteiger partial charge in [0.1, 0.15) is 5.00 Å². The number of thioether (sulfide) groups is 1. The van der Waals surface area contributed by atoms with E-state index in [1.807, 2.05) is 12.1 Å². The molecule has 0 radical (unpaired) electrons. The summed E-state index contributed by atoms with van der Waals surface area (Å²) in [6.45, 7) is 4.25. The molecule has 6 nitrogen and oxygen atoms in total. The minimum Gasteiger partial charge on any atom is -0.453 e. The van der Waals surface area contributed by atoms with Gasteiger partial charge in [0.25, 0.3) is 11.8 Å².